The molecule has 0 aromatic rings. The summed E-state index contributed by atoms with van der Waals surface area (Å²) in [6.07, 6.45) is 57.4. The van der Waals surface area contributed by atoms with Crippen LogP contribution in [0.5, 0.6) is 0 Å². The van der Waals surface area contributed by atoms with E-state index in [1.807, 2.05) is 18.2 Å². The van der Waals surface area contributed by atoms with Gasteiger partial charge in [0.2, 0.25) is 5.91 Å². The maximum absolute atomic E-state index is 13.4. The van der Waals surface area contributed by atoms with Gasteiger partial charge in [0.1, 0.15) is 24.4 Å². The SMILES string of the molecule is CC/C=C\C/C=C\C/C=C\C/C=C\C/C=C\C/C=C\CCC(=O)OC1C(OCC(NC(=O)C(O)CCCCCCCC/C=C\CCCCCC)C(O)/C=C/CCCCCCCCCCCCC)OC(CO)C(O)C1O. The molecule has 1 saturated heterocycles. The van der Waals surface area contributed by atoms with E-state index in [1.54, 1.807) is 6.08 Å². The van der Waals surface area contributed by atoms with Crippen LogP contribution in [0.2, 0.25) is 0 Å². The predicted octanol–water partition coefficient (Wildman–Crippen LogP) is 13.9. The molecule has 11 heteroatoms. The van der Waals surface area contributed by atoms with Crippen molar-refractivity contribution in [1.29, 1.82) is 0 Å². The summed E-state index contributed by atoms with van der Waals surface area (Å²) in [7, 11) is 0. The summed E-state index contributed by atoms with van der Waals surface area (Å²) in [5, 5.41) is 56.9. The van der Waals surface area contributed by atoms with Crippen LogP contribution in [-0.4, -0.2) is 99.6 Å². The second-order valence-electron chi connectivity index (χ2n) is 20.3. The summed E-state index contributed by atoms with van der Waals surface area (Å²) >= 11 is 0. The smallest absolute Gasteiger partial charge is 0.306 e. The van der Waals surface area contributed by atoms with E-state index < -0.39 is 67.4 Å². The van der Waals surface area contributed by atoms with Crippen LogP contribution < -0.4 is 5.32 Å². The molecule has 0 radical (unpaired) electrons. The average Bonchev–Trinajstić information content (AvgIpc) is 3.41. The number of hydrogen-bond acceptors (Lipinski definition) is 10. The van der Waals surface area contributed by atoms with Crippen molar-refractivity contribution in [3.05, 3.63) is 97.2 Å². The van der Waals surface area contributed by atoms with E-state index in [9.17, 15) is 35.1 Å². The Labute approximate surface area is 456 Å². The van der Waals surface area contributed by atoms with E-state index in [-0.39, 0.29) is 19.4 Å². The lowest BCUT2D eigenvalue weighted by atomic mass is 9.99. The largest absolute Gasteiger partial charge is 0.454 e. The van der Waals surface area contributed by atoms with Gasteiger partial charge in [0.05, 0.1) is 25.4 Å². The quantitative estimate of drug-likeness (QED) is 0.0195. The van der Waals surface area contributed by atoms with Gasteiger partial charge >= 0.3 is 5.97 Å². The van der Waals surface area contributed by atoms with Crippen molar-refractivity contribution in [1.82, 2.24) is 5.32 Å². The number of esters is 1. The predicted molar refractivity (Wildman–Crippen MR) is 310 cm³/mol. The Balaban J connectivity index is 2.77. The molecule has 8 unspecified atom stereocenters. The van der Waals surface area contributed by atoms with Crippen molar-refractivity contribution >= 4 is 11.9 Å². The van der Waals surface area contributed by atoms with Gasteiger partial charge < -0.3 is 45.1 Å². The fourth-order valence-corrected chi connectivity index (χ4v) is 8.73. The summed E-state index contributed by atoms with van der Waals surface area (Å²) in [5.41, 5.74) is 0. The number of hydrogen-bond donors (Lipinski definition) is 6. The molecule has 1 rings (SSSR count). The molecule has 1 heterocycles. The van der Waals surface area contributed by atoms with Gasteiger partial charge in [0.15, 0.2) is 12.4 Å². The lowest BCUT2D eigenvalue weighted by Crippen LogP contribution is -2.61. The van der Waals surface area contributed by atoms with E-state index in [1.165, 1.54) is 83.5 Å². The lowest BCUT2D eigenvalue weighted by Gasteiger charge is -2.41. The normalized spacial score (nSPS) is 19.9. The number of nitrogens with one attached hydrogen (secondary N) is 1. The number of ether oxygens (including phenoxy) is 3. The molecule has 6 N–H and O–H groups in total. The van der Waals surface area contributed by atoms with Crippen LogP contribution in [0.15, 0.2) is 97.2 Å². The van der Waals surface area contributed by atoms with Crippen LogP contribution in [0.25, 0.3) is 0 Å². The van der Waals surface area contributed by atoms with Gasteiger partial charge in [-0.2, -0.15) is 0 Å². The zero-order valence-corrected chi connectivity index (χ0v) is 47.4. The zero-order valence-electron chi connectivity index (χ0n) is 47.4. The first-order valence-electron chi connectivity index (χ1n) is 30.0. The Morgan fingerprint density at radius 2 is 0.960 bits per heavy atom. The molecule has 1 fully saturated rings. The van der Waals surface area contributed by atoms with Crippen LogP contribution >= 0.6 is 0 Å². The number of amides is 1. The third kappa shape index (κ3) is 39.6. The van der Waals surface area contributed by atoms with Crippen LogP contribution in [0.4, 0.5) is 0 Å². The molecule has 0 bridgehead atoms. The minimum Gasteiger partial charge on any atom is -0.454 e. The highest BCUT2D eigenvalue weighted by atomic mass is 16.7. The summed E-state index contributed by atoms with van der Waals surface area (Å²) < 4.78 is 17.5. The maximum Gasteiger partial charge on any atom is 0.306 e. The van der Waals surface area contributed by atoms with E-state index in [0.717, 1.165) is 96.3 Å². The van der Waals surface area contributed by atoms with Crippen molar-refractivity contribution in [2.45, 2.75) is 282 Å². The van der Waals surface area contributed by atoms with Gasteiger partial charge in [-0.1, -0.05) is 234 Å². The third-order valence-corrected chi connectivity index (χ3v) is 13.5. The molecule has 1 amide bonds. The van der Waals surface area contributed by atoms with Crippen LogP contribution in [0, 0.1) is 0 Å². The number of carbonyl (C=O) groups excluding carboxylic acids is 2. The van der Waals surface area contributed by atoms with Gasteiger partial charge in [-0.25, -0.2) is 0 Å². The van der Waals surface area contributed by atoms with Gasteiger partial charge in [0, 0.05) is 6.42 Å². The molecular formula is C64H109NO10. The van der Waals surface area contributed by atoms with Crippen molar-refractivity contribution in [2.24, 2.45) is 0 Å². The molecule has 0 saturated carbocycles. The highest BCUT2D eigenvalue weighted by molar-refractivity contribution is 5.80. The summed E-state index contributed by atoms with van der Waals surface area (Å²) in [4.78, 5) is 26.5. The molecule has 0 aliphatic carbocycles. The van der Waals surface area contributed by atoms with Gasteiger partial charge in [-0.3, -0.25) is 9.59 Å². The molecule has 0 aromatic heterocycles. The lowest BCUT2D eigenvalue weighted by molar-refractivity contribution is -0.305. The molecular weight excluding hydrogens is 943 g/mol. The Bertz CT molecular complexity index is 1580. The van der Waals surface area contributed by atoms with E-state index in [2.05, 4.69) is 99.0 Å². The number of aliphatic hydroxyl groups excluding tert-OH is 5. The molecule has 0 spiro atoms. The maximum atomic E-state index is 13.4. The molecule has 11 nitrogen and oxygen atoms in total. The van der Waals surface area contributed by atoms with Crippen LogP contribution in [0.3, 0.4) is 0 Å². The highest BCUT2D eigenvalue weighted by Crippen LogP contribution is 2.26. The number of aliphatic hydroxyl groups is 5. The summed E-state index contributed by atoms with van der Waals surface area (Å²) in [6.45, 7) is 5.61. The van der Waals surface area contributed by atoms with Crippen molar-refractivity contribution in [3.8, 4) is 0 Å². The first-order valence-corrected chi connectivity index (χ1v) is 30.0. The first-order chi connectivity index (χ1) is 36.7. The number of rotatable bonds is 49. The summed E-state index contributed by atoms with van der Waals surface area (Å²) in [6, 6.07) is -1.05. The minimum absolute atomic E-state index is 0.00621. The molecule has 1 aliphatic rings. The Morgan fingerprint density at radius 1 is 0.533 bits per heavy atom. The third-order valence-electron chi connectivity index (χ3n) is 13.5. The van der Waals surface area contributed by atoms with E-state index in [4.69, 9.17) is 14.2 Å². The molecule has 1 aliphatic heterocycles. The van der Waals surface area contributed by atoms with E-state index in [0.29, 0.717) is 19.3 Å². The summed E-state index contributed by atoms with van der Waals surface area (Å²) in [5.74, 6) is -1.29. The molecule has 430 valence electrons. The minimum atomic E-state index is -1.65. The molecule has 8 atom stereocenters. The Morgan fingerprint density at radius 3 is 1.45 bits per heavy atom. The number of unbranched alkanes of at least 4 members (excludes halogenated alkanes) is 21. The van der Waals surface area contributed by atoms with Crippen molar-refractivity contribution < 1.29 is 49.3 Å². The van der Waals surface area contributed by atoms with Crippen LogP contribution in [-0.2, 0) is 23.8 Å². The van der Waals surface area contributed by atoms with Gasteiger partial charge in [-0.05, 0) is 89.9 Å². The first kappa shape index (κ1) is 69.6. The fraction of sp³-hybridized carbons (Fsp3) is 0.719. The van der Waals surface area contributed by atoms with Gasteiger partial charge in [0.25, 0.3) is 0 Å². The Kier molecular flexibility index (Phi) is 47.6. The number of allylic oxidation sites excluding steroid dienone is 15. The van der Waals surface area contributed by atoms with Crippen LogP contribution in [0.1, 0.15) is 233 Å². The monoisotopic (exact) mass is 1050 g/mol. The van der Waals surface area contributed by atoms with E-state index >= 15 is 0 Å². The van der Waals surface area contributed by atoms with Crippen molar-refractivity contribution in [2.75, 3.05) is 13.2 Å². The number of carbonyl (C=O) groups is 2. The average molecular weight is 1050 g/mol. The zero-order chi connectivity index (χ0) is 54.7. The second kappa shape index (κ2) is 51.3. The molecule has 0 aromatic carbocycles. The standard InChI is InChI=1S/C64H109NO10/c1-4-7-10-13-16-19-22-25-27-28-29-30-31-34-37-40-43-46-49-52-59(69)75-62-61(71)60(70)58(53-66)74-64(62)73-54-55(56(67)50-47-44-41-38-35-32-24-21-18-15-12-9-6-3)65-63(72)57(68)51-48-45-42-39-36-33-26-23-20-17-14-11-8-5-2/h7,10,16,19-20,23,25,27,29-30,34,37,43,46-47,50,55-58,60-62,64,66-68,70-71H,4-6,8-9,11-15,17-18,21-22,24,26,28,31-33,35-36,38-42,44-45,48-49,51-54H2,1-3H3,(H,65,72)/b10-7-,19-16-,23-20-,27-25-,30-29-,37-34-,46-43-,50-47+. The van der Waals surface area contributed by atoms with Gasteiger partial charge in [-0.15, -0.1) is 0 Å². The Hall–Kier alpha value is -3.42. The highest BCUT2D eigenvalue weighted by Gasteiger charge is 2.47. The van der Waals surface area contributed by atoms with Crippen molar-refractivity contribution in [3.63, 3.8) is 0 Å². The topological polar surface area (TPSA) is 175 Å². The second-order valence-corrected chi connectivity index (χ2v) is 20.3. The fourth-order valence-electron chi connectivity index (χ4n) is 8.73. The molecule has 75 heavy (non-hydrogen) atoms.